The molecule has 1 saturated heterocycles. The van der Waals surface area contributed by atoms with E-state index in [0.717, 1.165) is 0 Å². The summed E-state index contributed by atoms with van der Waals surface area (Å²) in [5.74, 6) is -0.428. The smallest absolute Gasteiger partial charge is 0.251 e. The first-order valence-corrected chi connectivity index (χ1v) is 8.82. The molecule has 0 atom stereocenters. The predicted octanol–water partition coefficient (Wildman–Crippen LogP) is 0.208. The zero-order chi connectivity index (χ0) is 17.1. The molecular formula is C15H22N2O5S. The number of nitrogens with one attached hydrogen (secondary N) is 1. The number of ether oxygens (including phenoxy) is 1. The molecule has 1 aromatic carbocycles. The second-order valence-corrected chi connectivity index (χ2v) is 7.98. The molecule has 2 N–H and O–H groups in total. The number of rotatable bonds is 5. The number of carbonyl (C=O) groups excluding carboxylic acids is 1. The van der Waals surface area contributed by atoms with Crippen LogP contribution >= 0.6 is 0 Å². The van der Waals surface area contributed by atoms with Gasteiger partial charge in [0.2, 0.25) is 10.0 Å². The van der Waals surface area contributed by atoms with Crippen LogP contribution in [0.2, 0.25) is 0 Å². The van der Waals surface area contributed by atoms with Crippen molar-refractivity contribution in [3.8, 4) is 0 Å². The molecule has 128 valence electrons. The maximum atomic E-state index is 12.6. The minimum atomic E-state index is -3.64. The molecule has 1 amide bonds. The number of hydrogen-bond donors (Lipinski definition) is 2. The van der Waals surface area contributed by atoms with Crippen molar-refractivity contribution in [2.24, 2.45) is 0 Å². The van der Waals surface area contributed by atoms with Crippen molar-refractivity contribution in [3.05, 3.63) is 29.8 Å². The normalized spacial score (nSPS) is 17.0. The summed E-state index contributed by atoms with van der Waals surface area (Å²) in [5, 5.41) is 11.9. The van der Waals surface area contributed by atoms with Gasteiger partial charge < -0.3 is 15.2 Å². The number of nitrogens with zero attached hydrogens (tertiary/aromatic N) is 1. The number of morpholine rings is 1. The molecule has 1 fully saturated rings. The minimum absolute atomic E-state index is 0.0776. The molecule has 0 aromatic heterocycles. The summed E-state index contributed by atoms with van der Waals surface area (Å²) < 4.78 is 31.7. The highest BCUT2D eigenvalue weighted by Gasteiger charge is 2.27. The average molecular weight is 342 g/mol. The Balaban J connectivity index is 2.24. The van der Waals surface area contributed by atoms with E-state index in [4.69, 9.17) is 4.74 Å². The van der Waals surface area contributed by atoms with Crippen LogP contribution in [0.15, 0.2) is 29.2 Å². The van der Waals surface area contributed by atoms with Crippen LogP contribution in [0.4, 0.5) is 0 Å². The van der Waals surface area contributed by atoms with Gasteiger partial charge in [-0.25, -0.2) is 8.42 Å². The van der Waals surface area contributed by atoms with Crippen LogP contribution in [0.3, 0.4) is 0 Å². The van der Waals surface area contributed by atoms with E-state index in [0.29, 0.717) is 26.3 Å². The largest absolute Gasteiger partial charge is 0.394 e. The summed E-state index contributed by atoms with van der Waals surface area (Å²) in [5.41, 5.74) is -0.545. The van der Waals surface area contributed by atoms with Gasteiger partial charge in [-0.1, -0.05) is 6.07 Å². The molecule has 1 heterocycles. The highest BCUT2D eigenvalue weighted by atomic mass is 32.2. The number of carbonyl (C=O) groups is 1. The van der Waals surface area contributed by atoms with Gasteiger partial charge in [-0.05, 0) is 32.0 Å². The fraction of sp³-hybridized carbons (Fsp3) is 0.533. The highest BCUT2D eigenvalue weighted by Crippen LogP contribution is 2.18. The van der Waals surface area contributed by atoms with Crippen molar-refractivity contribution in [2.45, 2.75) is 24.3 Å². The van der Waals surface area contributed by atoms with Crippen molar-refractivity contribution in [1.82, 2.24) is 9.62 Å². The lowest BCUT2D eigenvalue weighted by molar-refractivity contribution is 0.0730. The molecule has 0 unspecified atom stereocenters. The molecule has 1 aromatic rings. The fourth-order valence-corrected chi connectivity index (χ4v) is 3.61. The van der Waals surface area contributed by atoms with Crippen molar-refractivity contribution in [3.63, 3.8) is 0 Å². The maximum absolute atomic E-state index is 12.6. The number of amides is 1. The van der Waals surface area contributed by atoms with E-state index in [9.17, 15) is 18.3 Å². The number of hydrogen-bond acceptors (Lipinski definition) is 5. The lowest BCUT2D eigenvalue weighted by atomic mass is 10.1. The fourth-order valence-electron chi connectivity index (χ4n) is 2.15. The molecule has 0 radical (unpaired) electrons. The van der Waals surface area contributed by atoms with Crippen LogP contribution in [0.25, 0.3) is 0 Å². The Morgan fingerprint density at radius 3 is 2.61 bits per heavy atom. The Labute approximate surface area is 136 Å². The van der Waals surface area contributed by atoms with Crippen molar-refractivity contribution in [2.75, 3.05) is 32.9 Å². The Bertz CT molecular complexity index is 666. The first-order valence-electron chi connectivity index (χ1n) is 7.38. The molecule has 8 heteroatoms. The molecule has 23 heavy (non-hydrogen) atoms. The molecule has 7 nitrogen and oxygen atoms in total. The quantitative estimate of drug-likeness (QED) is 0.797. The molecule has 0 aliphatic carbocycles. The summed E-state index contributed by atoms with van der Waals surface area (Å²) in [4.78, 5) is 12.3. The summed E-state index contributed by atoms with van der Waals surface area (Å²) >= 11 is 0. The lowest BCUT2D eigenvalue weighted by Crippen LogP contribution is -2.46. The van der Waals surface area contributed by atoms with Gasteiger partial charge in [-0.3, -0.25) is 4.79 Å². The third-order valence-electron chi connectivity index (χ3n) is 3.55. The van der Waals surface area contributed by atoms with E-state index in [-0.39, 0.29) is 17.1 Å². The van der Waals surface area contributed by atoms with E-state index in [2.05, 4.69) is 5.32 Å². The third kappa shape index (κ3) is 4.29. The van der Waals surface area contributed by atoms with Gasteiger partial charge in [0.25, 0.3) is 5.91 Å². The summed E-state index contributed by atoms with van der Waals surface area (Å²) in [6.07, 6.45) is 0. The molecule has 0 bridgehead atoms. The van der Waals surface area contributed by atoms with Crippen molar-refractivity contribution in [1.29, 1.82) is 0 Å². The van der Waals surface area contributed by atoms with Crippen LogP contribution in [0.1, 0.15) is 24.2 Å². The van der Waals surface area contributed by atoms with Crippen LogP contribution < -0.4 is 5.32 Å². The van der Waals surface area contributed by atoms with Crippen molar-refractivity contribution >= 4 is 15.9 Å². The summed E-state index contributed by atoms with van der Waals surface area (Å²) in [6.45, 7) is 4.48. The van der Waals surface area contributed by atoms with Crippen LogP contribution in [-0.2, 0) is 14.8 Å². The van der Waals surface area contributed by atoms with Crippen LogP contribution in [0.5, 0.6) is 0 Å². The number of sulfonamides is 1. The summed E-state index contributed by atoms with van der Waals surface area (Å²) in [6, 6.07) is 5.90. The van der Waals surface area contributed by atoms with E-state index in [1.165, 1.54) is 22.5 Å². The van der Waals surface area contributed by atoms with E-state index >= 15 is 0 Å². The zero-order valence-corrected chi connectivity index (χ0v) is 14.1. The number of aliphatic hydroxyl groups is 1. The Kier molecular flexibility index (Phi) is 5.41. The second-order valence-electron chi connectivity index (χ2n) is 6.04. The van der Waals surface area contributed by atoms with Crippen LogP contribution in [-0.4, -0.2) is 62.2 Å². The Morgan fingerprint density at radius 2 is 2.00 bits per heavy atom. The monoisotopic (exact) mass is 342 g/mol. The molecule has 1 aliphatic heterocycles. The average Bonchev–Trinajstić information content (AvgIpc) is 2.55. The minimum Gasteiger partial charge on any atom is -0.394 e. The zero-order valence-electron chi connectivity index (χ0n) is 13.3. The van der Waals surface area contributed by atoms with Crippen LogP contribution in [0, 0.1) is 0 Å². The van der Waals surface area contributed by atoms with E-state index in [1.54, 1.807) is 19.9 Å². The van der Waals surface area contributed by atoms with Gasteiger partial charge in [-0.2, -0.15) is 4.31 Å². The number of aliphatic hydroxyl groups excluding tert-OH is 1. The molecule has 2 rings (SSSR count). The van der Waals surface area contributed by atoms with Gasteiger partial charge in [0, 0.05) is 18.7 Å². The second kappa shape index (κ2) is 6.96. The standard InChI is InChI=1S/C15H22N2O5S/c1-15(2,11-18)16-14(19)12-4-3-5-13(10-12)23(20,21)17-6-8-22-9-7-17/h3-5,10,18H,6-9,11H2,1-2H3,(H,16,19). The molecule has 1 aliphatic rings. The van der Waals surface area contributed by atoms with Gasteiger partial charge in [-0.15, -0.1) is 0 Å². The van der Waals surface area contributed by atoms with E-state index < -0.39 is 21.5 Å². The van der Waals surface area contributed by atoms with Gasteiger partial charge in [0.05, 0.1) is 30.3 Å². The maximum Gasteiger partial charge on any atom is 0.251 e. The lowest BCUT2D eigenvalue weighted by Gasteiger charge is -2.26. The Hall–Kier alpha value is -1.48. The summed E-state index contributed by atoms with van der Waals surface area (Å²) in [7, 11) is -3.64. The molecule has 0 saturated carbocycles. The molecular weight excluding hydrogens is 320 g/mol. The van der Waals surface area contributed by atoms with Gasteiger partial charge in [0.15, 0.2) is 0 Å². The Morgan fingerprint density at radius 1 is 1.35 bits per heavy atom. The SMILES string of the molecule is CC(C)(CO)NC(=O)c1cccc(S(=O)(=O)N2CCOCC2)c1. The highest BCUT2D eigenvalue weighted by molar-refractivity contribution is 7.89. The first kappa shape index (κ1) is 17.9. The number of benzene rings is 1. The predicted molar refractivity (Wildman–Crippen MR) is 84.7 cm³/mol. The topological polar surface area (TPSA) is 95.9 Å². The first-order chi connectivity index (χ1) is 10.8. The van der Waals surface area contributed by atoms with Crippen molar-refractivity contribution < 1.29 is 23.1 Å². The third-order valence-corrected chi connectivity index (χ3v) is 5.45. The van der Waals surface area contributed by atoms with Gasteiger partial charge in [0.1, 0.15) is 0 Å². The van der Waals surface area contributed by atoms with Gasteiger partial charge >= 0.3 is 0 Å². The molecule has 0 spiro atoms. The van der Waals surface area contributed by atoms with E-state index in [1.807, 2.05) is 0 Å².